The van der Waals surface area contributed by atoms with Crippen molar-refractivity contribution >= 4 is 21.8 Å². The van der Waals surface area contributed by atoms with E-state index in [1.54, 1.807) is 22.7 Å². The maximum atomic E-state index is 12.2. The summed E-state index contributed by atoms with van der Waals surface area (Å²) < 4.78 is 7.83. The third kappa shape index (κ3) is 3.47. The van der Waals surface area contributed by atoms with E-state index < -0.39 is 0 Å². The fourth-order valence-electron chi connectivity index (χ4n) is 1.77. The van der Waals surface area contributed by atoms with Gasteiger partial charge in [-0.2, -0.15) is 5.10 Å². The van der Waals surface area contributed by atoms with Crippen molar-refractivity contribution < 1.29 is 9.21 Å². The van der Waals surface area contributed by atoms with E-state index in [0.717, 1.165) is 18.7 Å². The average Bonchev–Trinajstić information content (AvgIpc) is 2.98. The summed E-state index contributed by atoms with van der Waals surface area (Å²) in [7, 11) is 1.73. The van der Waals surface area contributed by atoms with Gasteiger partial charge in [0.25, 0.3) is 5.91 Å². The summed E-state index contributed by atoms with van der Waals surface area (Å²) in [4.78, 5) is 13.8. The van der Waals surface area contributed by atoms with Crippen LogP contribution in [0.25, 0.3) is 0 Å². The van der Waals surface area contributed by atoms with E-state index in [2.05, 4.69) is 28.0 Å². The first kappa shape index (κ1) is 13.9. The molecule has 0 aliphatic heterocycles. The molecule has 5 nitrogen and oxygen atoms in total. The summed E-state index contributed by atoms with van der Waals surface area (Å²) in [5.74, 6) is 0.623. The van der Waals surface area contributed by atoms with Gasteiger partial charge in [0.1, 0.15) is 11.5 Å². The van der Waals surface area contributed by atoms with Crippen molar-refractivity contribution in [1.29, 1.82) is 0 Å². The molecule has 102 valence electrons. The van der Waals surface area contributed by atoms with Gasteiger partial charge in [-0.15, -0.1) is 0 Å². The van der Waals surface area contributed by atoms with E-state index in [1.807, 2.05) is 18.3 Å². The van der Waals surface area contributed by atoms with Gasteiger partial charge < -0.3 is 9.32 Å². The molecule has 19 heavy (non-hydrogen) atoms. The Morgan fingerprint density at radius 1 is 1.47 bits per heavy atom. The third-order valence-corrected chi connectivity index (χ3v) is 3.11. The highest BCUT2D eigenvalue weighted by atomic mass is 79.9. The Balaban J connectivity index is 2.01. The molecule has 0 saturated carbocycles. The van der Waals surface area contributed by atoms with Crippen molar-refractivity contribution in [3.05, 3.63) is 40.5 Å². The molecule has 0 atom stereocenters. The molecular weight excluding hydrogens is 310 g/mol. The summed E-state index contributed by atoms with van der Waals surface area (Å²) in [5, 5.41) is 4.25. The molecule has 0 radical (unpaired) electrons. The normalized spacial score (nSPS) is 10.7. The van der Waals surface area contributed by atoms with Crippen molar-refractivity contribution in [1.82, 2.24) is 14.7 Å². The van der Waals surface area contributed by atoms with Crippen LogP contribution in [0.4, 0.5) is 0 Å². The fraction of sp³-hybridized carbons (Fsp3) is 0.385. The maximum absolute atomic E-state index is 12.2. The summed E-state index contributed by atoms with van der Waals surface area (Å²) in [6, 6.07) is 5.39. The standard InChI is InChI=1S/C13H16BrN3O2/c1-3-7-17-8-6-11(15-17)13(18)16(2)9-10-4-5-12(14)19-10/h4-6,8H,3,7,9H2,1-2H3. The Labute approximate surface area is 120 Å². The molecule has 6 heteroatoms. The molecule has 2 heterocycles. The number of amides is 1. The van der Waals surface area contributed by atoms with Crippen molar-refractivity contribution in [2.75, 3.05) is 7.05 Å². The number of carbonyl (C=O) groups excluding carboxylic acids is 1. The van der Waals surface area contributed by atoms with E-state index >= 15 is 0 Å². The molecule has 2 aromatic rings. The Morgan fingerprint density at radius 2 is 2.26 bits per heavy atom. The molecule has 1 amide bonds. The zero-order chi connectivity index (χ0) is 13.8. The van der Waals surface area contributed by atoms with Crippen LogP contribution in [0.2, 0.25) is 0 Å². The highest BCUT2D eigenvalue weighted by Crippen LogP contribution is 2.16. The zero-order valence-corrected chi connectivity index (χ0v) is 12.6. The number of furan rings is 1. The van der Waals surface area contributed by atoms with E-state index in [0.29, 0.717) is 16.9 Å². The van der Waals surface area contributed by atoms with Crippen molar-refractivity contribution in [3.63, 3.8) is 0 Å². The van der Waals surface area contributed by atoms with Gasteiger partial charge in [0, 0.05) is 19.8 Å². The zero-order valence-electron chi connectivity index (χ0n) is 11.0. The molecule has 0 spiro atoms. The minimum Gasteiger partial charge on any atom is -0.452 e. The number of hydrogen-bond acceptors (Lipinski definition) is 3. The Kier molecular flexibility index (Phi) is 4.42. The molecule has 0 bridgehead atoms. The van der Waals surface area contributed by atoms with Gasteiger partial charge >= 0.3 is 0 Å². The van der Waals surface area contributed by atoms with Crippen molar-refractivity contribution in [2.24, 2.45) is 0 Å². The maximum Gasteiger partial charge on any atom is 0.274 e. The Bertz CT molecular complexity index is 562. The molecule has 0 N–H and O–H groups in total. The largest absolute Gasteiger partial charge is 0.452 e. The predicted molar refractivity (Wildman–Crippen MR) is 74.7 cm³/mol. The first-order valence-corrected chi connectivity index (χ1v) is 6.92. The lowest BCUT2D eigenvalue weighted by molar-refractivity contribution is 0.0768. The quantitative estimate of drug-likeness (QED) is 0.849. The molecule has 0 saturated heterocycles. The number of nitrogens with zero attached hydrogens (tertiary/aromatic N) is 3. The summed E-state index contributed by atoms with van der Waals surface area (Å²) in [6.07, 6.45) is 2.82. The Hall–Kier alpha value is -1.56. The van der Waals surface area contributed by atoms with E-state index in [-0.39, 0.29) is 5.91 Å². The number of aryl methyl sites for hydroxylation is 1. The number of halogens is 1. The van der Waals surface area contributed by atoms with Crippen LogP contribution < -0.4 is 0 Å². The van der Waals surface area contributed by atoms with Gasteiger partial charge in [0.2, 0.25) is 0 Å². The highest BCUT2D eigenvalue weighted by Gasteiger charge is 2.16. The Morgan fingerprint density at radius 3 is 2.89 bits per heavy atom. The number of aromatic nitrogens is 2. The van der Waals surface area contributed by atoms with Gasteiger partial charge in [-0.1, -0.05) is 6.92 Å². The molecule has 2 aromatic heterocycles. The topological polar surface area (TPSA) is 51.3 Å². The summed E-state index contributed by atoms with van der Waals surface area (Å²) in [5.41, 5.74) is 0.460. The monoisotopic (exact) mass is 325 g/mol. The second kappa shape index (κ2) is 6.06. The smallest absolute Gasteiger partial charge is 0.274 e. The van der Waals surface area contributed by atoms with E-state index in [9.17, 15) is 4.79 Å². The van der Waals surface area contributed by atoms with Crippen LogP contribution in [0.5, 0.6) is 0 Å². The van der Waals surface area contributed by atoms with E-state index in [4.69, 9.17) is 4.42 Å². The van der Waals surface area contributed by atoms with Crippen LogP contribution in [0.3, 0.4) is 0 Å². The van der Waals surface area contributed by atoms with Crippen molar-refractivity contribution in [2.45, 2.75) is 26.4 Å². The first-order chi connectivity index (χ1) is 9.10. The lowest BCUT2D eigenvalue weighted by Gasteiger charge is -2.13. The van der Waals surface area contributed by atoms with Gasteiger partial charge in [0.05, 0.1) is 6.54 Å². The van der Waals surface area contributed by atoms with Crippen LogP contribution in [0, 0.1) is 0 Å². The second-order valence-corrected chi connectivity index (χ2v) is 5.11. The average molecular weight is 326 g/mol. The number of hydrogen-bond donors (Lipinski definition) is 0. The molecule has 0 unspecified atom stereocenters. The van der Waals surface area contributed by atoms with Crippen LogP contribution in [0.15, 0.2) is 33.5 Å². The molecular formula is C13H16BrN3O2. The van der Waals surface area contributed by atoms with Gasteiger partial charge in [-0.05, 0) is 40.5 Å². The molecule has 0 aliphatic rings. The van der Waals surface area contributed by atoms with Gasteiger partial charge in [0.15, 0.2) is 4.67 Å². The molecule has 0 fully saturated rings. The van der Waals surface area contributed by atoms with Crippen LogP contribution in [-0.4, -0.2) is 27.6 Å². The highest BCUT2D eigenvalue weighted by molar-refractivity contribution is 9.10. The summed E-state index contributed by atoms with van der Waals surface area (Å²) in [6.45, 7) is 3.32. The van der Waals surface area contributed by atoms with Crippen molar-refractivity contribution in [3.8, 4) is 0 Å². The minimum atomic E-state index is -0.109. The molecule has 2 rings (SSSR count). The van der Waals surface area contributed by atoms with E-state index in [1.165, 1.54) is 0 Å². The predicted octanol–water partition coefficient (Wildman–Crippen LogP) is 2.92. The van der Waals surface area contributed by atoms with Gasteiger partial charge in [-0.25, -0.2) is 0 Å². The third-order valence-electron chi connectivity index (χ3n) is 2.68. The van der Waals surface area contributed by atoms with Crippen LogP contribution in [-0.2, 0) is 13.1 Å². The summed E-state index contributed by atoms with van der Waals surface area (Å²) >= 11 is 3.24. The number of carbonyl (C=O) groups is 1. The lowest BCUT2D eigenvalue weighted by Crippen LogP contribution is -2.26. The molecule has 0 aromatic carbocycles. The minimum absolute atomic E-state index is 0.109. The SMILES string of the molecule is CCCn1ccc(C(=O)N(C)Cc2ccc(Br)o2)n1. The number of rotatable bonds is 5. The van der Waals surface area contributed by atoms with Gasteiger partial charge in [-0.3, -0.25) is 9.48 Å². The second-order valence-electron chi connectivity index (χ2n) is 4.33. The first-order valence-electron chi connectivity index (χ1n) is 6.13. The van der Waals surface area contributed by atoms with Crippen LogP contribution in [0.1, 0.15) is 29.6 Å². The lowest BCUT2D eigenvalue weighted by atomic mass is 10.3. The fourth-order valence-corrected chi connectivity index (χ4v) is 2.11. The molecule has 0 aliphatic carbocycles. The van der Waals surface area contributed by atoms with Crippen LogP contribution >= 0.6 is 15.9 Å².